The van der Waals surface area contributed by atoms with E-state index < -0.39 is 0 Å². The molecule has 4 nitrogen and oxygen atoms in total. The van der Waals surface area contributed by atoms with Gasteiger partial charge in [-0.25, -0.2) is 4.79 Å². The number of hydrogen-bond acceptors (Lipinski definition) is 3. The number of aromatic amines is 2. The van der Waals surface area contributed by atoms with Crippen LogP contribution in [-0.4, -0.2) is 22.5 Å². The molecule has 1 aromatic heterocycles. The van der Waals surface area contributed by atoms with Crippen LogP contribution in [0.15, 0.2) is 18.2 Å². The van der Waals surface area contributed by atoms with Gasteiger partial charge >= 0.3 is 5.97 Å². The molecule has 0 saturated carbocycles. The number of H-pyrrole nitrogens is 2. The molecule has 2 N–H and O–H groups in total. The van der Waals surface area contributed by atoms with Crippen molar-refractivity contribution in [2.24, 2.45) is 0 Å². The maximum absolute atomic E-state index is 11.8. The summed E-state index contributed by atoms with van der Waals surface area (Å²) in [5.41, 5.74) is 2.26. The van der Waals surface area contributed by atoms with E-state index in [1.165, 1.54) is 0 Å². The number of esters is 1. The third-order valence-electron chi connectivity index (χ3n) is 2.73. The normalized spacial score (nSPS) is 10.7. The molecule has 0 spiro atoms. The molecular weight excluding hydrogens is 248 g/mol. The molecule has 96 valence electrons. The summed E-state index contributed by atoms with van der Waals surface area (Å²) >= 11 is 4.99. The second-order valence-electron chi connectivity index (χ2n) is 4.18. The third kappa shape index (κ3) is 2.98. The van der Waals surface area contributed by atoms with Crippen molar-refractivity contribution in [1.29, 1.82) is 0 Å². The molecular formula is C13H16N2O2S. The van der Waals surface area contributed by atoms with E-state index in [4.69, 9.17) is 17.0 Å². The number of nitrogens with one attached hydrogen (secondary N) is 2. The summed E-state index contributed by atoms with van der Waals surface area (Å²) in [5, 5.41) is 0. The van der Waals surface area contributed by atoms with Gasteiger partial charge in [0.2, 0.25) is 0 Å². The first-order valence-corrected chi connectivity index (χ1v) is 6.50. The van der Waals surface area contributed by atoms with E-state index in [-0.39, 0.29) is 5.97 Å². The molecule has 18 heavy (non-hydrogen) atoms. The summed E-state index contributed by atoms with van der Waals surface area (Å²) in [7, 11) is 0. The number of hydrogen-bond donors (Lipinski definition) is 2. The van der Waals surface area contributed by atoms with Crippen LogP contribution in [0, 0.1) is 4.77 Å². The number of unbranched alkanes of at least 4 members (excludes halogenated alkanes) is 2. The van der Waals surface area contributed by atoms with Crippen LogP contribution in [0.3, 0.4) is 0 Å². The van der Waals surface area contributed by atoms with Crippen molar-refractivity contribution in [3.8, 4) is 0 Å². The Bertz CT molecular complexity index is 600. The molecule has 1 aromatic carbocycles. The Kier molecular flexibility index (Phi) is 4.15. The molecule has 2 aromatic rings. The Hall–Kier alpha value is -1.62. The first-order chi connectivity index (χ1) is 8.70. The molecule has 2 rings (SSSR count). The average Bonchev–Trinajstić information content (AvgIpc) is 2.73. The van der Waals surface area contributed by atoms with Gasteiger partial charge in [0.15, 0.2) is 4.77 Å². The minimum absolute atomic E-state index is 0.284. The average molecular weight is 264 g/mol. The zero-order valence-corrected chi connectivity index (χ0v) is 11.1. The summed E-state index contributed by atoms with van der Waals surface area (Å²) in [6.07, 6.45) is 3.11. The van der Waals surface area contributed by atoms with Gasteiger partial charge in [-0.1, -0.05) is 19.8 Å². The Balaban J connectivity index is 2.05. The molecule has 0 aliphatic carbocycles. The number of carbonyl (C=O) groups is 1. The highest BCUT2D eigenvalue weighted by molar-refractivity contribution is 7.71. The summed E-state index contributed by atoms with van der Waals surface area (Å²) in [6, 6.07) is 5.32. The number of benzene rings is 1. The molecule has 0 fully saturated rings. The smallest absolute Gasteiger partial charge is 0.338 e. The summed E-state index contributed by atoms with van der Waals surface area (Å²) in [6.45, 7) is 2.59. The number of ether oxygens (including phenoxy) is 1. The fraction of sp³-hybridized carbons (Fsp3) is 0.385. The van der Waals surface area contributed by atoms with Crippen molar-refractivity contribution in [2.75, 3.05) is 6.61 Å². The van der Waals surface area contributed by atoms with E-state index in [2.05, 4.69) is 16.9 Å². The number of imidazole rings is 1. The van der Waals surface area contributed by atoms with Crippen LogP contribution in [0.4, 0.5) is 0 Å². The predicted molar refractivity (Wildman–Crippen MR) is 73.3 cm³/mol. The standard InChI is InChI=1S/C13H16N2O2S/c1-2-3-4-7-17-12(16)9-5-6-10-11(8-9)15-13(18)14-10/h5-6,8H,2-4,7H2,1H3,(H2,14,15,18). The lowest BCUT2D eigenvalue weighted by Gasteiger charge is -2.04. The first kappa shape index (κ1) is 12.8. The molecule has 0 atom stereocenters. The Morgan fingerprint density at radius 3 is 2.83 bits per heavy atom. The van der Waals surface area contributed by atoms with Crippen LogP contribution in [0.2, 0.25) is 0 Å². The highest BCUT2D eigenvalue weighted by Gasteiger charge is 2.08. The monoisotopic (exact) mass is 264 g/mol. The molecule has 0 aliphatic heterocycles. The summed E-state index contributed by atoms with van der Waals surface area (Å²) in [5.74, 6) is -0.284. The van der Waals surface area contributed by atoms with Crippen LogP contribution in [0.25, 0.3) is 11.0 Å². The van der Waals surface area contributed by atoms with Gasteiger partial charge in [-0.05, 0) is 36.8 Å². The lowest BCUT2D eigenvalue weighted by Crippen LogP contribution is -2.06. The van der Waals surface area contributed by atoms with E-state index >= 15 is 0 Å². The van der Waals surface area contributed by atoms with E-state index in [9.17, 15) is 4.79 Å². The fourth-order valence-electron chi connectivity index (χ4n) is 1.76. The van der Waals surface area contributed by atoms with Crippen LogP contribution in [0.1, 0.15) is 36.5 Å². The van der Waals surface area contributed by atoms with Crippen molar-refractivity contribution >= 4 is 29.2 Å². The van der Waals surface area contributed by atoms with Crippen molar-refractivity contribution in [3.63, 3.8) is 0 Å². The van der Waals surface area contributed by atoms with Crippen molar-refractivity contribution in [2.45, 2.75) is 26.2 Å². The molecule has 5 heteroatoms. The van der Waals surface area contributed by atoms with Gasteiger partial charge in [-0.2, -0.15) is 0 Å². The Labute approximate surface area is 110 Å². The van der Waals surface area contributed by atoms with E-state index in [1.54, 1.807) is 12.1 Å². The number of fused-ring (bicyclic) bond motifs is 1. The van der Waals surface area contributed by atoms with Crippen molar-refractivity contribution in [3.05, 3.63) is 28.5 Å². The van der Waals surface area contributed by atoms with E-state index in [1.807, 2.05) is 6.07 Å². The van der Waals surface area contributed by atoms with Gasteiger partial charge in [0.1, 0.15) is 0 Å². The summed E-state index contributed by atoms with van der Waals surface area (Å²) < 4.78 is 5.75. The molecule has 0 saturated heterocycles. The summed E-state index contributed by atoms with van der Waals surface area (Å²) in [4.78, 5) is 17.8. The molecule has 0 amide bonds. The van der Waals surface area contributed by atoms with Crippen molar-refractivity contribution in [1.82, 2.24) is 9.97 Å². The molecule has 0 aliphatic rings. The van der Waals surface area contributed by atoms with Gasteiger partial charge in [0.25, 0.3) is 0 Å². The predicted octanol–water partition coefficient (Wildman–Crippen LogP) is 3.57. The second-order valence-corrected chi connectivity index (χ2v) is 4.59. The zero-order valence-electron chi connectivity index (χ0n) is 10.3. The van der Waals surface area contributed by atoms with Gasteiger partial charge in [-0.15, -0.1) is 0 Å². The number of carbonyl (C=O) groups excluding carboxylic acids is 1. The topological polar surface area (TPSA) is 57.9 Å². The van der Waals surface area contributed by atoms with Gasteiger partial charge in [-0.3, -0.25) is 0 Å². The van der Waals surface area contributed by atoms with Gasteiger partial charge in [0.05, 0.1) is 23.2 Å². The molecule has 0 bridgehead atoms. The lowest BCUT2D eigenvalue weighted by molar-refractivity contribution is 0.0498. The van der Waals surface area contributed by atoms with Crippen LogP contribution >= 0.6 is 12.2 Å². The maximum Gasteiger partial charge on any atom is 0.338 e. The lowest BCUT2D eigenvalue weighted by atomic mass is 10.2. The second kappa shape index (κ2) is 5.82. The Morgan fingerprint density at radius 1 is 1.28 bits per heavy atom. The minimum atomic E-state index is -0.284. The molecule has 0 unspecified atom stereocenters. The Morgan fingerprint density at radius 2 is 2.06 bits per heavy atom. The first-order valence-electron chi connectivity index (χ1n) is 6.10. The van der Waals surface area contributed by atoms with Crippen LogP contribution in [0.5, 0.6) is 0 Å². The highest BCUT2D eigenvalue weighted by Crippen LogP contribution is 2.13. The molecule has 0 radical (unpaired) electrons. The number of aromatic nitrogens is 2. The van der Waals surface area contributed by atoms with Gasteiger partial charge < -0.3 is 14.7 Å². The number of rotatable bonds is 5. The van der Waals surface area contributed by atoms with Gasteiger partial charge in [0, 0.05) is 0 Å². The van der Waals surface area contributed by atoms with Crippen molar-refractivity contribution < 1.29 is 9.53 Å². The van der Waals surface area contributed by atoms with E-state index in [0.717, 1.165) is 30.3 Å². The third-order valence-corrected chi connectivity index (χ3v) is 2.94. The molecule has 1 heterocycles. The largest absolute Gasteiger partial charge is 0.462 e. The quantitative estimate of drug-likeness (QED) is 0.493. The maximum atomic E-state index is 11.8. The van der Waals surface area contributed by atoms with E-state index in [0.29, 0.717) is 16.9 Å². The minimum Gasteiger partial charge on any atom is -0.462 e. The van der Waals surface area contributed by atoms with Crippen LogP contribution < -0.4 is 0 Å². The highest BCUT2D eigenvalue weighted by atomic mass is 32.1. The van der Waals surface area contributed by atoms with Crippen LogP contribution in [-0.2, 0) is 4.74 Å². The SMILES string of the molecule is CCCCCOC(=O)c1ccc2[nH]c(=S)[nH]c2c1. The zero-order chi connectivity index (χ0) is 13.0. The fourth-order valence-corrected chi connectivity index (χ4v) is 1.98.